The van der Waals surface area contributed by atoms with Gasteiger partial charge < -0.3 is 15.4 Å². The van der Waals surface area contributed by atoms with E-state index >= 15 is 0 Å². The predicted molar refractivity (Wildman–Crippen MR) is 75.0 cm³/mol. The van der Waals surface area contributed by atoms with E-state index < -0.39 is 17.5 Å². The minimum Gasteiger partial charge on any atom is -0.467 e. The van der Waals surface area contributed by atoms with Crippen LogP contribution in [0.2, 0.25) is 0 Å². The molecule has 2 rings (SSSR count). The van der Waals surface area contributed by atoms with E-state index in [4.69, 9.17) is 0 Å². The van der Waals surface area contributed by atoms with Crippen LogP contribution < -0.4 is 10.6 Å². The van der Waals surface area contributed by atoms with Crippen molar-refractivity contribution in [1.29, 1.82) is 0 Å². The van der Waals surface area contributed by atoms with E-state index in [1.54, 1.807) is 6.07 Å². The molecule has 5 nitrogen and oxygen atoms in total. The number of rotatable bonds is 3. The molecule has 2 N–H and O–H groups in total. The quantitative estimate of drug-likeness (QED) is 0.839. The zero-order chi connectivity index (χ0) is 14.0. The maximum atomic E-state index is 11.9. The number of hydrogen-bond donors (Lipinski definition) is 2. The van der Waals surface area contributed by atoms with Gasteiger partial charge in [-0.2, -0.15) is 0 Å². The largest absolute Gasteiger partial charge is 0.467 e. The molecular formula is C13H15BrN2O3. The van der Waals surface area contributed by atoms with E-state index in [-0.39, 0.29) is 0 Å². The molecule has 1 fully saturated rings. The third kappa shape index (κ3) is 2.89. The Hall–Kier alpha value is -1.56. The van der Waals surface area contributed by atoms with Crippen LogP contribution in [0.3, 0.4) is 0 Å². The number of halogens is 1. The van der Waals surface area contributed by atoms with Crippen molar-refractivity contribution in [3.63, 3.8) is 0 Å². The molecule has 0 heterocycles. The van der Waals surface area contributed by atoms with Gasteiger partial charge in [0.2, 0.25) is 0 Å². The first-order valence-electron chi connectivity index (χ1n) is 5.91. The standard InChI is InChI=1S/C13H15BrN2O3/c1-8-9(14)4-3-5-10(8)15-12(18)16-13(6-7-13)11(17)19-2/h3-5H,6-7H2,1-2H3,(H2,15,16,18). The summed E-state index contributed by atoms with van der Waals surface area (Å²) in [5, 5.41) is 5.41. The summed E-state index contributed by atoms with van der Waals surface area (Å²) < 4.78 is 5.60. The maximum absolute atomic E-state index is 11.9. The van der Waals surface area contributed by atoms with Gasteiger partial charge in [-0.1, -0.05) is 22.0 Å². The Bertz CT molecular complexity index is 527. The van der Waals surface area contributed by atoms with Crippen molar-refractivity contribution < 1.29 is 14.3 Å². The second kappa shape index (κ2) is 5.21. The second-order valence-electron chi connectivity index (χ2n) is 4.57. The molecule has 0 spiro atoms. The van der Waals surface area contributed by atoms with Crippen LogP contribution in [0, 0.1) is 6.92 Å². The minimum absolute atomic E-state index is 0.395. The Morgan fingerprint density at radius 1 is 1.37 bits per heavy atom. The lowest BCUT2D eigenvalue weighted by Crippen LogP contribution is -2.45. The van der Waals surface area contributed by atoms with Gasteiger partial charge in [0.25, 0.3) is 0 Å². The summed E-state index contributed by atoms with van der Waals surface area (Å²) in [7, 11) is 1.32. The van der Waals surface area contributed by atoms with Crippen molar-refractivity contribution >= 4 is 33.6 Å². The van der Waals surface area contributed by atoms with Crippen molar-refractivity contribution in [3.05, 3.63) is 28.2 Å². The summed E-state index contributed by atoms with van der Waals surface area (Å²) in [6, 6.07) is 5.14. The summed E-state index contributed by atoms with van der Waals surface area (Å²) in [6.07, 6.45) is 1.23. The highest BCUT2D eigenvalue weighted by Gasteiger charge is 2.52. The first kappa shape index (κ1) is 13.9. The van der Waals surface area contributed by atoms with Crippen LogP contribution in [0.15, 0.2) is 22.7 Å². The highest BCUT2D eigenvalue weighted by molar-refractivity contribution is 9.10. The number of urea groups is 1. The van der Waals surface area contributed by atoms with Gasteiger partial charge in [-0.3, -0.25) is 0 Å². The van der Waals surface area contributed by atoms with Crippen LogP contribution >= 0.6 is 15.9 Å². The van der Waals surface area contributed by atoms with E-state index in [9.17, 15) is 9.59 Å². The number of hydrogen-bond acceptors (Lipinski definition) is 3. The second-order valence-corrected chi connectivity index (χ2v) is 5.42. The number of esters is 1. The summed E-state index contributed by atoms with van der Waals surface area (Å²) >= 11 is 3.40. The summed E-state index contributed by atoms with van der Waals surface area (Å²) in [5.41, 5.74) is 0.798. The summed E-state index contributed by atoms with van der Waals surface area (Å²) in [4.78, 5) is 23.4. The lowest BCUT2D eigenvalue weighted by Gasteiger charge is -2.16. The number of anilines is 1. The first-order chi connectivity index (χ1) is 8.98. The van der Waals surface area contributed by atoms with Crippen LogP contribution in [0.4, 0.5) is 10.5 Å². The third-order valence-electron chi connectivity index (χ3n) is 3.19. The lowest BCUT2D eigenvalue weighted by atomic mass is 10.2. The van der Waals surface area contributed by atoms with Gasteiger partial charge in [-0.15, -0.1) is 0 Å². The fraction of sp³-hybridized carbons (Fsp3) is 0.385. The Morgan fingerprint density at radius 3 is 2.63 bits per heavy atom. The number of ether oxygens (including phenoxy) is 1. The smallest absolute Gasteiger partial charge is 0.331 e. The Kier molecular flexibility index (Phi) is 3.80. The number of nitrogens with one attached hydrogen (secondary N) is 2. The van der Waals surface area contributed by atoms with E-state index in [1.807, 2.05) is 19.1 Å². The van der Waals surface area contributed by atoms with Crippen LogP contribution in [-0.4, -0.2) is 24.6 Å². The van der Waals surface area contributed by atoms with E-state index in [0.29, 0.717) is 18.5 Å². The Labute approximate surface area is 119 Å². The van der Waals surface area contributed by atoms with Crippen molar-refractivity contribution in [1.82, 2.24) is 5.32 Å². The van der Waals surface area contributed by atoms with Crippen LogP contribution in [-0.2, 0) is 9.53 Å². The fourth-order valence-corrected chi connectivity index (χ4v) is 2.18. The normalized spacial score (nSPS) is 15.5. The number of methoxy groups -OCH3 is 1. The summed E-state index contributed by atoms with van der Waals surface area (Å²) in [6.45, 7) is 1.90. The van der Waals surface area contributed by atoms with Gasteiger partial charge in [-0.05, 0) is 37.5 Å². The molecular weight excluding hydrogens is 312 g/mol. The van der Waals surface area contributed by atoms with Crippen LogP contribution in [0.5, 0.6) is 0 Å². The van der Waals surface area contributed by atoms with Crippen molar-refractivity contribution in [2.45, 2.75) is 25.3 Å². The molecule has 1 aromatic rings. The summed E-state index contributed by atoms with van der Waals surface area (Å²) in [5.74, 6) is -0.395. The monoisotopic (exact) mass is 326 g/mol. The van der Waals surface area contributed by atoms with Gasteiger partial charge in [0.15, 0.2) is 0 Å². The van der Waals surface area contributed by atoms with Gasteiger partial charge >= 0.3 is 12.0 Å². The molecule has 0 unspecified atom stereocenters. The topological polar surface area (TPSA) is 67.4 Å². The van der Waals surface area contributed by atoms with Crippen LogP contribution in [0.1, 0.15) is 18.4 Å². The molecule has 19 heavy (non-hydrogen) atoms. The van der Waals surface area contributed by atoms with Crippen molar-refractivity contribution in [2.24, 2.45) is 0 Å². The molecule has 0 saturated heterocycles. The number of carbonyl (C=O) groups is 2. The third-order valence-corrected chi connectivity index (χ3v) is 4.05. The molecule has 1 aliphatic rings. The number of carbonyl (C=O) groups excluding carboxylic acids is 2. The van der Waals surface area contributed by atoms with Gasteiger partial charge in [-0.25, -0.2) is 9.59 Å². The number of amides is 2. The molecule has 6 heteroatoms. The van der Waals surface area contributed by atoms with E-state index in [2.05, 4.69) is 31.3 Å². The van der Waals surface area contributed by atoms with Gasteiger partial charge in [0, 0.05) is 10.2 Å². The average Bonchev–Trinajstić information content (AvgIpc) is 3.14. The SMILES string of the molecule is COC(=O)C1(NC(=O)Nc2cccc(Br)c2C)CC1. The molecule has 102 valence electrons. The van der Waals surface area contributed by atoms with Gasteiger partial charge in [0.1, 0.15) is 5.54 Å². The lowest BCUT2D eigenvalue weighted by molar-refractivity contribution is -0.144. The first-order valence-corrected chi connectivity index (χ1v) is 6.70. The zero-order valence-corrected chi connectivity index (χ0v) is 12.3. The van der Waals surface area contributed by atoms with Gasteiger partial charge in [0.05, 0.1) is 7.11 Å². The molecule has 1 aromatic carbocycles. The zero-order valence-electron chi connectivity index (χ0n) is 10.7. The Morgan fingerprint density at radius 2 is 2.05 bits per heavy atom. The molecule has 0 aromatic heterocycles. The van der Waals surface area contributed by atoms with E-state index in [1.165, 1.54) is 7.11 Å². The fourth-order valence-electron chi connectivity index (χ4n) is 1.81. The molecule has 1 saturated carbocycles. The molecule has 1 aliphatic carbocycles. The molecule has 0 aliphatic heterocycles. The molecule has 0 bridgehead atoms. The molecule has 0 radical (unpaired) electrons. The predicted octanol–water partition coefficient (Wildman–Crippen LogP) is 2.58. The highest BCUT2D eigenvalue weighted by Crippen LogP contribution is 2.36. The van der Waals surface area contributed by atoms with Crippen molar-refractivity contribution in [3.8, 4) is 0 Å². The molecule has 2 amide bonds. The highest BCUT2D eigenvalue weighted by atomic mass is 79.9. The molecule has 0 atom stereocenters. The average molecular weight is 327 g/mol. The maximum Gasteiger partial charge on any atom is 0.331 e. The van der Waals surface area contributed by atoms with Crippen LogP contribution in [0.25, 0.3) is 0 Å². The minimum atomic E-state index is -0.835. The van der Waals surface area contributed by atoms with Crippen molar-refractivity contribution in [2.75, 3.05) is 12.4 Å². The Balaban J connectivity index is 2.03. The van der Waals surface area contributed by atoms with E-state index in [0.717, 1.165) is 10.0 Å². The number of benzene rings is 1.